The van der Waals surface area contributed by atoms with Crippen LogP contribution in [0, 0.1) is 10.1 Å². The van der Waals surface area contributed by atoms with Crippen molar-refractivity contribution in [3.63, 3.8) is 0 Å². The lowest BCUT2D eigenvalue weighted by Crippen LogP contribution is -2.49. The Morgan fingerprint density at radius 2 is 1.81 bits per heavy atom. The lowest BCUT2D eigenvalue weighted by molar-refractivity contribution is -0.385. The number of halogens is 1. The van der Waals surface area contributed by atoms with Crippen LogP contribution in [0.3, 0.4) is 0 Å². The summed E-state index contributed by atoms with van der Waals surface area (Å²) in [6, 6.07) is 13.1. The zero-order valence-electron chi connectivity index (χ0n) is 16.8. The van der Waals surface area contributed by atoms with Gasteiger partial charge in [0.25, 0.3) is 11.6 Å². The molecule has 0 unspecified atom stereocenters. The summed E-state index contributed by atoms with van der Waals surface area (Å²) in [6.45, 7) is 4.05. The van der Waals surface area contributed by atoms with Crippen LogP contribution in [0.25, 0.3) is 11.4 Å². The predicted octanol–water partition coefficient (Wildman–Crippen LogP) is 3.82. The molecule has 9 nitrogen and oxygen atoms in total. The number of nitro benzene ring substituents is 1. The Morgan fingerprint density at radius 3 is 2.48 bits per heavy atom. The molecule has 1 amide bonds. The average molecular weight is 442 g/mol. The van der Waals surface area contributed by atoms with Crippen LogP contribution in [0.2, 0.25) is 5.02 Å². The van der Waals surface area contributed by atoms with Gasteiger partial charge in [-0.05, 0) is 37.3 Å². The molecule has 2 aromatic carbocycles. The number of carbonyl (C=O) groups excluding carboxylic acids is 1. The molecule has 3 aromatic rings. The van der Waals surface area contributed by atoms with Gasteiger partial charge in [-0.3, -0.25) is 19.8 Å². The fourth-order valence-electron chi connectivity index (χ4n) is 3.57. The van der Waals surface area contributed by atoms with Crippen LogP contribution in [-0.4, -0.2) is 56.9 Å². The van der Waals surface area contributed by atoms with E-state index in [2.05, 4.69) is 15.0 Å². The van der Waals surface area contributed by atoms with E-state index in [1.54, 1.807) is 29.2 Å². The van der Waals surface area contributed by atoms with Gasteiger partial charge in [0.15, 0.2) is 0 Å². The number of aromatic nitrogens is 2. The number of benzene rings is 2. The Labute approximate surface area is 183 Å². The minimum Gasteiger partial charge on any atom is -0.337 e. The molecular formula is C21H20ClN5O4. The summed E-state index contributed by atoms with van der Waals surface area (Å²) in [7, 11) is 0. The number of amides is 1. The first-order valence-electron chi connectivity index (χ1n) is 9.80. The Balaban J connectivity index is 1.40. The van der Waals surface area contributed by atoms with Gasteiger partial charge in [-0.2, -0.15) is 4.98 Å². The molecule has 0 spiro atoms. The Hall–Kier alpha value is -3.30. The van der Waals surface area contributed by atoms with E-state index in [1.165, 1.54) is 12.1 Å². The van der Waals surface area contributed by atoms with Gasteiger partial charge < -0.3 is 9.42 Å². The second kappa shape index (κ2) is 8.83. The number of rotatable bonds is 5. The SMILES string of the molecule is C[C@H](c1nc(-c2ccc(Cl)cc2)no1)N1CCN(C(=O)c2ccccc2[N+](=O)[O-])CC1. The van der Waals surface area contributed by atoms with Crippen molar-refractivity contribution in [2.24, 2.45) is 0 Å². The van der Waals surface area contributed by atoms with Crippen molar-refractivity contribution in [2.75, 3.05) is 26.2 Å². The molecule has 0 bridgehead atoms. The number of hydrogen-bond donors (Lipinski definition) is 0. The Bertz CT molecular complexity index is 1090. The molecule has 1 aromatic heterocycles. The molecule has 31 heavy (non-hydrogen) atoms. The molecule has 0 saturated carbocycles. The highest BCUT2D eigenvalue weighted by Crippen LogP contribution is 2.25. The first-order valence-corrected chi connectivity index (χ1v) is 10.2. The van der Waals surface area contributed by atoms with E-state index in [0.29, 0.717) is 42.9 Å². The molecule has 1 aliphatic rings. The number of piperazine rings is 1. The van der Waals surface area contributed by atoms with E-state index in [0.717, 1.165) is 5.56 Å². The third-order valence-corrected chi connectivity index (χ3v) is 5.63. The summed E-state index contributed by atoms with van der Waals surface area (Å²) in [5.41, 5.74) is 0.744. The van der Waals surface area contributed by atoms with Gasteiger partial charge in [-0.1, -0.05) is 28.9 Å². The molecule has 10 heteroatoms. The second-order valence-electron chi connectivity index (χ2n) is 7.24. The average Bonchev–Trinajstić information content (AvgIpc) is 3.29. The molecule has 160 valence electrons. The number of para-hydroxylation sites is 1. The summed E-state index contributed by atoms with van der Waals surface area (Å²) in [4.78, 5) is 31.8. The van der Waals surface area contributed by atoms with Crippen LogP contribution in [0.1, 0.15) is 29.2 Å². The van der Waals surface area contributed by atoms with E-state index in [1.807, 2.05) is 19.1 Å². The van der Waals surface area contributed by atoms with Crippen molar-refractivity contribution in [1.82, 2.24) is 19.9 Å². The number of carbonyl (C=O) groups is 1. The maximum atomic E-state index is 12.8. The molecule has 0 radical (unpaired) electrons. The normalized spacial score (nSPS) is 15.6. The van der Waals surface area contributed by atoms with E-state index in [4.69, 9.17) is 16.1 Å². The highest BCUT2D eigenvalue weighted by molar-refractivity contribution is 6.30. The molecular weight excluding hydrogens is 422 g/mol. The van der Waals surface area contributed by atoms with Crippen molar-refractivity contribution in [3.05, 3.63) is 75.1 Å². The maximum Gasteiger partial charge on any atom is 0.282 e. The molecule has 2 heterocycles. The van der Waals surface area contributed by atoms with Crippen LogP contribution in [-0.2, 0) is 0 Å². The molecule has 0 aliphatic carbocycles. The van der Waals surface area contributed by atoms with Crippen LogP contribution in [0.5, 0.6) is 0 Å². The van der Waals surface area contributed by atoms with Crippen LogP contribution >= 0.6 is 11.6 Å². The van der Waals surface area contributed by atoms with Crippen molar-refractivity contribution in [3.8, 4) is 11.4 Å². The van der Waals surface area contributed by atoms with Gasteiger partial charge in [-0.15, -0.1) is 0 Å². The Morgan fingerprint density at radius 1 is 1.13 bits per heavy atom. The zero-order chi connectivity index (χ0) is 22.0. The highest BCUT2D eigenvalue weighted by atomic mass is 35.5. The van der Waals surface area contributed by atoms with Crippen LogP contribution in [0.4, 0.5) is 5.69 Å². The summed E-state index contributed by atoms with van der Waals surface area (Å²) >= 11 is 5.92. The molecule has 0 N–H and O–H groups in total. The van der Waals surface area contributed by atoms with E-state index >= 15 is 0 Å². The number of nitro groups is 1. The predicted molar refractivity (Wildman–Crippen MR) is 114 cm³/mol. The molecule has 4 rings (SSSR count). The van der Waals surface area contributed by atoms with E-state index < -0.39 is 4.92 Å². The van der Waals surface area contributed by atoms with E-state index in [-0.39, 0.29) is 23.2 Å². The van der Waals surface area contributed by atoms with Gasteiger partial charge in [0.1, 0.15) is 5.56 Å². The summed E-state index contributed by atoms with van der Waals surface area (Å²) < 4.78 is 5.46. The van der Waals surface area contributed by atoms with Gasteiger partial charge in [0.05, 0.1) is 11.0 Å². The highest BCUT2D eigenvalue weighted by Gasteiger charge is 2.30. The monoisotopic (exact) mass is 441 g/mol. The molecule has 1 fully saturated rings. The fourth-order valence-corrected chi connectivity index (χ4v) is 3.70. The number of nitrogens with zero attached hydrogens (tertiary/aromatic N) is 5. The van der Waals surface area contributed by atoms with E-state index in [9.17, 15) is 14.9 Å². The first-order chi connectivity index (χ1) is 14.9. The van der Waals surface area contributed by atoms with Crippen molar-refractivity contribution in [2.45, 2.75) is 13.0 Å². The van der Waals surface area contributed by atoms with Crippen molar-refractivity contribution < 1.29 is 14.2 Å². The van der Waals surface area contributed by atoms with Gasteiger partial charge >= 0.3 is 0 Å². The maximum absolute atomic E-state index is 12.8. The number of hydrogen-bond acceptors (Lipinski definition) is 7. The van der Waals surface area contributed by atoms with Gasteiger partial charge in [0, 0.05) is 42.8 Å². The van der Waals surface area contributed by atoms with Crippen molar-refractivity contribution in [1.29, 1.82) is 0 Å². The minimum atomic E-state index is -0.528. The van der Waals surface area contributed by atoms with Crippen LogP contribution in [0.15, 0.2) is 53.1 Å². The van der Waals surface area contributed by atoms with Gasteiger partial charge in [-0.25, -0.2) is 0 Å². The summed E-state index contributed by atoms with van der Waals surface area (Å²) in [5, 5.41) is 15.9. The lowest BCUT2D eigenvalue weighted by Gasteiger charge is -2.36. The minimum absolute atomic E-state index is 0.110. The van der Waals surface area contributed by atoms with Gasteiger partial charge in [0.2, 0.25) is 11.7 Å². The fraction of sp³-hybridized carbons (Fsp3) is 0.286. The van der Waals surface area contributed by atoms with Crippen LogP contribution < -0.4 is 0 Å². The Kier molecular flexibility index (Phi) is 5.97. The largest absolute Gasteiger partial charge is 0.337 e. The third-order valence-electron chi connectivity index (χ3n) is 5.38. The lowest BCUT2D eigenvalue weighted by atomic mass is 10.1. The first kappa shape index (κ1) is 21.0. The van der Waals surface area contributed by atoms with Crippen molar-refractivity contribution >= 4 is 23.2 Å². The second-order valence-corrected chi connectivity index (χ2v) is 7.68. The topological polar surface area (TPSA) is 106 Å². The smallest absolute Gasteiger partial charge is 0.282 e. The molecule has 1 saturated heterocycles. The summed E-state index contributed by atoms with van der Waals surface area (Å²) in [5.74, 6) is 0.648. The standard InChI is InChI=1S/C21H20ClN5O4/c1-14(20-23-19(24-31-20)15-6-8-16(22)9-7-15)25-10-12-26(13-11-25)21(28)17-4-2-3-5-18(17)27(29)30/h2-9,14H,10-13H2,1H3/t14-/m1/s1. The molecule has 1 aliphatic heterocycles. The third kappa shape index (κ3) is 4.42. The molecule has 1 atom stereocenters. The quantitative estimate of drug-likeness (QED) is 0.437. The zero-order valence-corrected chi connectivity index (χ0v) is 17.5. The summed E-state index contributed by atoms with van der Waals surface area (Å²) in [6.07, 6.45) is 0.